The van der Waals surface area contributed by atoms with Crippen molar-refractivity contribution >= 4 is 22.4 Å². The summed E-state index contributed by atoms with van der Waals surface area (Å²) in [6, 6.07) is 22.5. The second kappa shape index (κ2) is 9.88. The molecular formula is C26H31N3O. The lowest BCUT2D eigenvalue weighted by molar-refractivity contribution is -0.117. The minimum Gasteiger partial charge on any atom is -0.325 e. The Hall–Kier alpha value is -2.69. The van der Waals surface area contributed by atoms with Crippen LogP contribution in [0.4, 0.5) is 5.69 Å². The van der Waals surface area contributed by atoms with Gasteiger partial charge >= 0.3 is 0 Å². The van der Waals surface area contributed by atoms with E-state index in [1.807, 2.05) is 37.3 Å². The molecule has 1 amide bonds. The normalized spacial score (nSPS) is 15.8. The van der Waals surface area contributed by atoms with E-state index in [1.54, 1.807) is 0 Å². The van der Waals surface area contributed by atoms with Crippen molar-refractivity contribution in [1.82, 2.24) is 10.2 Å². The van der Waals surface area contributed by atoms with Gasteiger partial charge in [-0.15, -0.1) is 0 Å². The lowest BCUT2D eigenvalue weighted by Crippen LogP contribution is -2.38. The Kier molecular flexibility index (Phi) is 6.77. The van der Waals surface area contributed by atoms with Crippen LogP contribution in [0.3, 0.4) is 0 Å². The highest BCUT2D eigenvalue weighted by atomic mass is 16.2. The maximum absolute atomic E-state index is 12.7. The quantitative estimate of drug-likeness (QED) is 0.589. The number of rotatable bonds is 7. The number of anilines is 1. The predicted octanol–water partition coefficient (Wildman–Crippen LogP) is 4.94. The van der Waals surface area contributed by atoms with Gasteiger partial charge in [0.15, 0.2) is 0 Å². The number of carbonyl (C=O) groups is 1. The maximum Gasteiger partial charge on any atom is 0.241 e. The number of likely N-dealkylation sites (tertiary alicyclic amines) is 1. The fraction of sp³-hybridized carbons (Fsp3) is 0.346. The van der Waals surface area contributed by atoms with Crippen molar-refractivity contribution in [3.05, 3.63) is 77.9 Å². The van der Waals surface area contributed by atoms with Crippen molar-refractivity contribution in [2.75, 3.05) is 18.4 Å². The van der Waals surface area contributed by atoms with Gasteiger partial charge in [0.1, 0.15) is 0 Å². The molecule has 3 aromatic rings. The Balaban J connectivity index is 1.34. The topological polar surface area (TPSA) is 44.4 Å². The smallest absolute Gasteiger partial charge is 0.241 e. The monoisotopic (exact) mass is 401 g/mol. The van der Waals surface area contributed by atoms with E-state index in [0.29, 0.717) is 6.54 Å². The molecule has 1 unspecified atom stereocenters. The molecule has 0 aliphatic carbocycles. The number of benzene rings is 3. The van der Waals surface area contributed by atoms with Crippen molar-refractivity contribution < 1.29 is 4.79 Å². The summed E-state index contributed by atoms with van der Waals surface area (Å²) in [5, 5.41) is 8.74. The van der Waals surface area contributed by atoms with Gasteiger partial charge in [-0.3, -0.25) is 9.69 Å². The second-order valence-electron chi connectivity index (χ2n) is 8.26. The number of amides is 1. The van der Waals surface area contributed by atoms with Crippen LogP contribution in [0.2, 0.25) is 0 Å². The lowest BCUT2D eigenvalue weighted by Gasteiger charge is -2.27. The van der Waals surface area contributed by atoms with Crippen LogP contribution < -0.4 is 10.6 Å². The van der Waals surface area contributed by atoms with Gasteiger partial charge in [-0.2, -0.15) is 0 Å². The molecule has 4 rings (SSSR count). The molecule has 2 N–H and O–H groups in total. The van der Waals surface area contributed by atoms with Gasteiger partial charge in [-0.25, -0.2) is 0 Å². The Morgan fingerprint density at radius 2 is 1.60 bits per heavy atom. The standard InChI is InChI=1S/C26H31N3O/c1-20(26(30)28-25-14-13-21-9-3-4-10-22(21)17-25)27-18-23-11-5-6-12-24(23)19-29-15-7-2-8-16-29/h3-6,9-14,17,20,27H,2,7-8,15-16,18-19H2,1H3,(H,28,30). The Morgan fingerprint density at radius 1 is 0.900 bits per heavy atom. The van der Waals surface area contributed by atoms with Crippen molar-refractivity contribution in [3.8, 4) is 0 Å². The van der Waals surface area contributed by atoms with Gasteiger partial charge < -0.3 is 10.6 Å². The van der Waals surface area contributed by atoms with E-state index in [9.17, 15) is 4.79 Å². The number of nitrogens with one attached hydrogen (secondary N) is 2. The van der Waals surface area contributed by atoms with Crippen LogP contribution in [0.25, 0.3) is 10.8 Å². The Labute approximate surface area is 179 Å². The molecular weight excluding hydrogens is 370 g/mol. The lowest BCUT2D eigenvalue weighted by atomic mass is 10.0. The second-order valence-corrected chi connectivity index (χ2v) is 8.26. The zero-order valence-electron chi connectivity index (χ0n) is 17.7. The van der Waals surface area contributed by atoms with E-state index in [2.05, 4.69) is 51.9 Å². The number of hydrogen-bond acceptors (Lipinski definition) is 3. The first-order valence-electron chi connectivity index (χ1n) is 11.0. The molecule has 0 aromatic heterocycles. The Morgan fingerprint density at radius 3 is 2.40 bits per heavy atom. The van der Waals surface area contributed by atoms with Gasteiger partial charge in [0, 0.05) is 18.8 Å². The molecule has 156 valence electrons. The summed E-state index contributed by atoms with van der Waals surface area (Å²) in [4.78, 5) is 15.2. The fourth-order valence-corrected chi connectivity index (χ4v) is 4.12. The first-order chi connectivity index (χ1) is 14.7. The van der Waals surface area contributed by atoms with Gasteiger partial charge in [0.05, 0.1) is 6.04 Å². The third kappa shape index (κ3) is 5.26. The first kappa shape index (κ1) is 20.6. The molecule has 4 nitrogen and oxygen atoms in total. The van der Waals surface area contributed by atoms with E-state index in [1.165, 1.54) is 48.9 Å². The van der Waals surface area contributed by atoms with Crippen LogP contribution in [0.15, 0.2) is 66.7 Å². The molecule has 0 bridgehead atoms. The van der Waals surface area contributed by atoms with E-state index < -0.39 is 0 Å². The van der Waals surface area contributed by atoms with E-state index >= 15 is 0 Å². The molecule has 0 saturated carbocycles. The van der Waals surface area contributed by atoms with Crippen molar-refractivity contribution in [2.45, 2.75) is 45.3 Å². The van der Waals surface area contributed by atoms with Gasteiger partial charge in [-0.1, -0.05) is 61.0 Å². The van der Waals surface area contributed by atoms with Gasteiger partial charge in [0.25, 0.3) is 0 Å². The molecule has 1 atom stereocenters. The van der Waals surface area contributed by atoms with E-state index in [4.69, 9.17) is 0 Å². The van der Waals surface area contributed by atoms with Crippen LogP contribution in [0.5, 0.6) is 0 Å². The highest BCUT2D eigenvalue weighted by Crippen LogP contribution is 2.19. The largest absolute Gasteiger partial charge is 0.325 e. The summed E-state index contributed by atoms with van der Waals surface area (Å²) < 4.78 is 0. The molecule has 1 aliphatic rings. The highest BCUT2D eigenvalue weighted by molar-refractivity contribution is 5.97. The van der Waals surface area contributed by atoms with E-state index in [-0.39, 0.29) is 11.9 Å². The summed E-state index contributed by atoms with van der Waals surface area (Å²) in [6.45, 7) is 5.98. The minimum atomic E-state index is -0.278. The number of fused-ring (bicyclic) bond motifs is 1. The Bertz CT molecular complexity index is 994. The van der Waals surface area contributed by atoms with Crippen LogP contribution in [0.1, 0.15) is 37.3 Å². The van der Waals surface area contributed by atoms with Crippen LogP contribution in [-0.2, 0) is 17.9 Å². The van der Waals surface area contributed by atoms with Crippen LogP contribution in [0, 0.1) is 0 Å². The third-order valence-corrected chi connectivity index (χ3v) is 5.97. The third-order valence-electron chi connectivity index (χ3n) is 5.97. The van der Waals surface area contributed by atoms with Crippen molar-refractivity contribution in [1.29, 1.82) is 0 Å². The summed E-state index contributed by atoms with van der Waals surface area (Å²) in [5.74, 6) is -0.0150. The molecule has 4 heteroatoms. The first-order valence-corrected chi connectivity index (χ1v) is 11.0. The molecule has 1 heterocycles. The van der Waals surface area contributed by atoms with E-state index in [0.717, 1.165) is 17.6 Å². The average Bonchev–Trinajstić information content (AvgIpc) is 2.79. The van der Waals surface area contributed by atoms with Crippen molar-refractivity contribution in [3.63, 3.8) is 0 Å². The highest BCUT2D eigenvalue weighted by Gasteiger charge is 2.15. The van der Waals surface area contributed by atoms with Crippen LogP contribution in [-0.4, -0.2) is 29.9 Å². The summed E-state index contributed by atoms with van der Waals surface area (Å²) in [5.41, 5.74) is 3.46. The molecule has 1 saturated heterocycles. The number of piperidine rings is 1. The molecule has 0 spiro atoms. The average molecular weight is 402 g/mol. The van der Waals surface area contributed by atoms with Crippen LogP contribution >= 0.6 is 0 Å². The van der Waals surface area contributed by atoms with Crippen molar-refractivity contribution in [2.24, 2.45) is 0 Å². The number of nitrogens with zero attached hydrogens (tertiary/aromatic N) is 1. The zero-order valence-corrected chi connectivity index (χ0v) is 17.7. The van der Waals surface area contributed by atoms with Gasteiger partial charge in [-0.05, 0) is 66.9 Å². The molecule has 1 aliphatic heterocycles. The zero-order chi connectivity index (χ0) is 20.8. The predicted molar refractivity (Wildman–Crippen MR) is 124 cm³/mol. The molecule has 30 heavy (non-hydrogen) atoms. The number of hydrogen-bond donors (Lipinski definition) is 2. The molecule has 1 fully saturated rings. The van der Waals surface area contributed by atoms with Gasteiger partial charge in [0.2, 0.25) is 5.91 Å². The summed E-state index contributed by atoms with van der Waals surface area (Å²) in [6.07, 6.45) is 3.95. The molecule has 3 aromatic carbocycles. The molecule has 0 radical (unpaired) electrons. The minimum absolute atomic E-state index is 0.0150. The maximum atomic E-state index is 12.7. The fourth-order valence-electron chi connectivity index (χ4n) is 4.12. The summed E-state index contributed by atoms with van der Waals surface area (Å²) in [7, 11) is 0. The SMILES string of the molecule is CC(NCc1ccccc1CN1CCCCC1)C(=O)Nc1ccc2ccccc2c1. The summed E-state index contributed by atoms with van der Waals surface area (Å²) >= 11 is 0. The number of carbonyl (C=O) groups excluding carboxylic acids is 1.